The molecule has 132 valence electrons. The molecule has 3 rings (SSSR count). The van der Waals surface area contributed by atoms with E-state index in [4.69, 9.17) is 10.5 Å². The van der Waals surface area contributed by atoms with Crippen LogP contribution in [0, 0.1) is 39.8 Å². The Labute approximate surface area is 151 Å². The smallest absolute Gasteiger partial charge is 0.333 e. The fourth-order valence-corrected chi connectivity index (χ4v) is 4.23. The van der Waals surface area contributed by atoms with Crippen molar-refractivity contribution in [2.45, 2.75) is 25.2 Å². The number of nitrogens with two attached hydrogens (primary N) is 1. The molecule has 3 atom stereocenters. The number of hydrogen-bond acceptors (Lipinski definition) is 5. The second kappa shape index (κ2) is 6.65. The molecule has 2 aliphatic rings. The summed E-state index contributed by atoms with van der Waals surface area (Å²) in [5.41, 5.74) is 5.17. The van der Waals surface area contributed by atoms with E-state index in [9.17, 15) is 19.7 Å². The molecule has 1 aromatic carbocycles. The molecule has 0 radical (unpaired) electrons. The van der Waals surface area contributed by atoms with Crippen LogP contribution in [0.4, 0.5) is 4.39 Å². The molecule has 26 heavy (non-hydrogen) atoms. The van der Waals surface area contributed by atoms with Crippen molar-refractivity contribution in [3.8, 4) is 12.1 Å². The molecule has 0 aromatic heterocycles. The average molecular weight is 351 g/mol. The zero-order valence-corrected chi connectivity index (χ0v) is 14.3. The van der Waals surface area contributed by atoms with E-state index in [2.05, 4.69) is 0 Å². The molecular formula is C20H18FN3O2. The van der Waals surface area contributed by atoms with E-state index in [0.717, 1.165) is 20.0 Å². The number of esters is 1. The summed E-state index contributed by atoms with van der Waals surface area (Å²) in [6.07, 6.45) is 4.13. The van der Waals surface area contributed by atoms with Gasteiger partial charge in [-0.15, -0.1) is 0 Å². The third-order valence-electron chi connectivity index (χ3n) is 5.37. The van der Waals surface area contributed by atoms with Gasteiger partial charge in [-0.25, -0.2) is 9.18 Å². The van der Waals surface area contributed by atoms with Crippen LogP contribution in [0.25, 0.3) is 0 Å². The lowest BCUT2D eigenvalue weighted by molar-refractivity contribution is -0.149. The maximum absolute atomic E-state index is 14.7. The highest BCUT2D eigenvalue weighted by Crippen LogP contribution is 2.56. The molecule has 5 nitrogen and oxygen atoms in total. The third-order valence-corrected chi connectivity index (χ3v) is 5.37. The van der Waals surface area contributed by atoms with Gasteiger partial charge in [0.15, 0.2) is 0 Å². The van der Waals surface area contributed by atoms with Crippen molar-refractivity contribution < 1.29 is 13.9 Å². The average Bonchev–Trinajstić information content (AvgIpc) is 2.67. The van der Waals surface area contributed by atoms with Gasteiger partial charge in [-0.05, 0) is 42.4 Å². The van der Waals surface area contributed by atoms with Crippen LogP contribution < -0.4 is 5.73 Å². The van der Waals surface area contributed by atoms with E-state index in [0.29, 0.717) is 12.0 Å². The van der Waals surface area contributed by atoms with Gasteiger partial charge in [-0.2, -0.15) is 10.5 Å². The molecular weight excluding hydrogens is 333 g/mol. The molecule has 0 saturated carbocycles. The largest absolute Gasteiger partial charge is 0.468 e. The molecule has 0 saturated heterocycles. The van der Waals surface area contributed by atoms with Gasteiger partial charge in [-0.1, -0.05) is 24.3 Å². The van der Waals surface area contributed by atoms with Crippen molar-refractivity contribution in [2.75, 3.05) is 7.11 Å². The van der Waals surface area contributed by atoms with E-state index in [-0.39, 0.29) is 22.8 Å². The van der Waals surface area contributed by atoms with Crippen molar-refractivity contribution in [3.63, 3.8) is 0 Å². The number of carbonyl (C=O) groups excluding carboxylic acids is 1. The molecule has 0 bridgehead atoms. The standard InChI is InChI=1S/C20H18FN3O2/c1-26-19(25)20(11-23)17(14-8-4-5-9-16(14)21)13-7-3-2-6-12(13)15(10-22)18(20)24/h4-6,8-9,13,17H,2-3,7,24H2,1H3/t13-,17-,20-/m1/s1. The number of fused-ring (bicyclic) bond motifs is 1. The summed E-state index contributed by atoms with van der Waals surface area (Å²) >= 11 is 0. The first kappa shape index (κ1) is 17.7. The van der Waals surface area contributed by atoms with Crippen molar-refractivity contribution in [1.82, 2.24) is 0 Å². The lowest BCUT2D eigenvalue weighted by Gasteiger charge is -2.44. The zero-order valence-electron chi connectivity index (χ0n) is 14.3. The molecule has 1 aromatic rings. The Hall–Kier alpha value is -3.12. The monoisotopic (exact) mass is 351 g/mol. The van der Waals surface area contributed by atoms with Crippen molar-refractivity contribution in [3.05, 3.63) is 58.6 Å². The number of benzene rings is 1. The molecule has 0 amide bonds. The number of nitriles is 2. The van der Waals surface area contributed by atoms with E-state index in [1.165, 1.54) is 6.07 Å². The summed E-state index contributed by atoms with van der Waals surface area (Å²) in [7, 11) is 1.16. The van der Waals surface area contributed by atoms with Crippen LogP contribution in [0.2, 0.25) is 0 Å². The quantitative estimate of drug-likeness (QED) is 0.825. The van der Waals surface area contributed by atoms with Crippen LogP contribution in [-0.4, -0.2) is 13.1 Å². The number of halogens is 1. The Morgan fingerprint density at radius 2 is 2.12 bits per heavy atom. The Morgan fingerprint density at radius 1 is 1.38 bits per heavy atom. The normalized spacial score (nSPS) is 27.6. The Morgan fingerprint density at radius 3 is 2.73 bits per heavy atom. The zero-order chi connectivity index (χ0) is 18.9. The van der Waals surface area contributed by atoms with Gasteiger partial charge in [0, 0.05) is 5.92 Å². The molecule has 2 N–H and O–H groups in total. The number of nitrogens with zero attached hydrogens (tertiary/aromatic N) is 2. The van der Waals surface area contributed by atoms with E-state index >= 15 is 0 Å². The maximum Gasteiger partial charge on any atom is 0.333 e. The predicted octanol–water partition coefficient (Wildman–Crippen LogP) is 3.07. The van der Waals surface area contributed by atoms with Crippen LogP contribution in [-0.2, 0) is 9.53 Å². The van der Waals surface area contributed by atoms with Crippen molar-refractivity contribution in [1.29, 1.82) is 10.5 Å². The van der Waals surface area contributed by atoms with Gasteiger partial charge in [0.25, 0.3) is 0 Å². The first-order chi connectivity index (χ1) is 12.5. The third kappa shape index (κ3) is 2.30. The lowest BCUT2D eigenvalue weighted by Crippen LogP contribution is -2.49. The molecule has 0 spiro atoms. The molecule has 0 unspecified atom stereocenters. The second-order valence-electron chi connectivity index (χ2n) is 6.51. The Bertz CT molecular complexity index is 906. The van der Waals surface area contributed by atoms with Crippen molar-refractivity contribution in [2.24, 2.45) is 17.1 Å². The van der Waals surface area contributed by atoms with Gasteiger partial charge >= 0.3 is 5.97 Å². The highest BCUT2D eigenvalue weighted by atomic mass is 19.1. The number of rotatable bonds is 2. The van der Waals surface area contributed by atoms with Crippen LogP contribution in [0.3, 0.4) is 0 Å². The molecule has 0 fully saturated rings. The summed E-state index contributed by atoms with van der Waals surface area (Å²) in [6.45, 7) is 0. The fraction of sp³-hybridized carbons (Fsp3) is 0.350. The molecule has 6 heteroatoms. The summed E-state index contributed by atoms with van der Waals surface area (Å²) < 4.78 is 19.6. The first-order valence-corrected chi connectivity index (χ1v) is 8.37. The van der Waals surface area contributed by atoms with Crippen LogP contribution in [0.15, 0.2) is 47.2 Å². The number of carbonyl (C=O) groups is 1. The number of hydrogen-bond donors (Lipinski definition) is 1. The number of allylic oxidation sites excluding steroid dienone is 3. The van der Waals surface area contributed by atoms with Gasteiger partial charge in [-0.3, -0.25) is 0 Å². The van der Waals surface area contributed by atoms with Gasteiger partial charge in [0.05, 0.1) is 24.4 Å². The van der Waals surface area contributed by atoms with E-state index < -0.39 is 23.1 Å². The van der Waals surface area contributed by atoms with Crippen molar-refractivity contribution >= 4 is 5.97 Å². The van der Waals surface area contributed by atoms with Crippen LogP contribution >= 0.6 is 0 Å². The van der Waals surface area contributed by atoms with E-state index in [1.807, 2.05) is 18.2 Å². The van der Waals surface area contributed by atoms with Crippen LogP contribution in [0.1, 0.15) is 30.7 Å². The lowest BCUT2D eigenvalue weighted by atomic mass is 9.56. The maximum atomic E-state index is 14.7. The van der Waals surface area contributed by atoms with Gasteiger partial charge in [0.2, 0.25) is 5.41 Å². The topological polar surface area (TPSA) is 99.9 Å². The minimum atomic E-state index is -1.94. The van der Waals surface area contributed by atoms with Gasteiger partial charge in [0.1, 0.15) is 11.9 Å². The highest BCUT2D eigenvalue weighted by Gasteiger charge is 2.59. The van der Waals surface area contributed by atoms with Gasteiger partial charge < -0.3 is 10.5 Å². The fourth-order valence-electron chi connectivity index (χ4n) is 4.23. The second-order valence-corrected chi connectivity index (χ2v) is 6.51. The molecule has 0 aliphatic heterocycles. The SMILES string of the molecule is COC(=O)[C@@]1(C#N)C(N)=C(C#N)C2=CCCC[C@H]2[C@@H]1c1ccccc1F. The number of methoxy groups -OCH3 is 1. The summed E-state index contributed by atoms with van der Waals surface area (Å²) in [5, 5.41) is 19.7. The highest BCUT2D eigenvalue weighted by molar-refractivity contribution is 5.87. The first-order valence-electron chi connectivity index (χ1n) is 8.37. The summed E-state index contributed by atoms with van der Waals surface area (Å²) in [5.74, 6) is -2.60. The minimum Gasteiger partial charge on any atom is -0.468 e. The van der Waals surface area contributed by atoms with Crippen LogP contribution in [0.5, 0.6) is 0 Å². The Kier molecular flexibility index (Phi) is 4.52. The van der Waals surface area contributed by atoms with E-state index in [1.54, 1.807) is 18.2 Å². The molecule has 0 heterocycles. The molecule has 2 aliphatic carbocycles. The number of ether oxygens (including phenoxy) is 1. The predicted molar refractivity (Wildman–Crippen MR) is 91.5 cm³/mol. The minimum absolute atomic E-state index is 0.134. The summed E-state index contributed by atoms with van der Waals surface area (Å²) in [4.78, 5) is 12.8. The summed E-state index contributed by atoms with van der Waals surface area (Å²) in [6, 6.07) is 10.1. The Balaban J connectivity index is 2.40.